The summed E-state index contributed by atoms with van der Waals surface area (Å²) in [5, 5.41) is 3.05. The third-order valence-electron chi connectivity index (χ3n) is 7.20. The number of anilines is 1. The van der Waals surface area contributed by atoms with Crippen LogP contribution in [-0.2, 0) is 10.2 Å². The smallest absolute Gasteiger partial charge is 0.299 e. The molecule has 37 heavy (non-hydrogen) atoms. The fourth-order valence-corrected chi connectivity index (χ4v) is 5.56. The van der Waals surface area contributed by atoms with Crippen molar-refractivity contribution in [3.63, 3.8) is 0 Å². The molecule has 1 saturated heterocycles. The first kappa shape index (κ1) is 25.7. The highest BCUT2D eigenvalue weighted by atomic mass is 32.2. The largest absolute Gasteiger partial charge is 0.349 e. The predicted octanol–water partition coefficient (Wildman–Crippen LogP) is 2.17. The van der Waals surface area contributed by atoms with Gasteiger partial charge in [0.2, 0.25) is 0 Å². The molecule has 1 aromatic carbocycles. The maximum absolute atomic E-state index is 12.6. The lowest BCUT2D eigenvalue weighted by Crippen LogP contribution is -2.48. The number of benzene rings is 1. The molecule has 198 valence electrons. The molecule has 0 spiro atoms. The minimum Gasteiger partial charge on any atom is -0.349 e. The van der Waals surface area contributed by atoms with Gasteiger partial charge in [-0.25, -0.2) is 4.98 Å². The molecule has 2 aliphatic rings. The van der Waals surface area contributed by atoms with Gasteiger partial charge in [0, 0.05) is 63.3 Å². The number of hydrogen-bond donors (Lipinski definition) is 3. The van der Waals surface area contributed by atoms with Crippen LogP contribution in [0, 0.1) is 0 Å². The minimum atomic E-state index is -3.70. The molecule has 5 rings (SSSR count). The molecule has 10 nitrogen and oxygen atoms in total. The Balaban J connectivity index is 1.20. The molecule has 0 atom stereocenters. The van der Waals surface area contributed by atoms with E-state index in [0.717, 1.165) is 57.5 Å². The topological polar surface area (TPSA) is 111 Å². The van der Waals surface area contributed by atoms with E-state index in [0.29, 0.717) is 35.7 Å². The van der Waals surface area contributed by atoms with Gasteiger partial charge in [0.25, 0.3) is 16.1 Å². The Hall–Kier alpha value is -2.99. The number of nitrogens with zero attached hydrogens (tertiary/aromatic N) is 4. The van der Waals surface area contributed by atoms with Crippen molar-refractivity contribution < 1.29 is 13.2 Å². The third kappa shape index (κ3) is 6.48. The highest BCUT2D eigenvalue weighted by Crippen LogP contribution is 2.24. The number of piperazine rings is 1. The molecular weight excluding hydrogens is 490 g/mol. The van der Waals surface area contributed by atoms with Crippen LogP contribution in [0.3, 0.4) is 0 Å². The second-order valence-electron chi connectivity index (χ2n) is 9.77. The molecule has 0 unspecified atom stereocenters. The summed E-state index contributed by atoms with van der Waals surface area (Å²) in [7, 11) is -3.70. The zero-order valence-electron chi connectivity index (χ0n) is 21.2. The lowest BCUT2D eigenvalue weighted by atomic mass is 9.93. The second kappa shape index (κ2) is 11.2. The molecule has 2 fully saturated rings. The molecule has 11 heteroatoms. The number of amides is 1. The van der Waals surface area contributed by atoms with Crippen molar-refractivity contribution in [2.24, 2.45) is 0 Å². The van der Waals surface area contributed by atoms with Crippen LogP contribution in [0.4, 0.5) is 5.69 Å². The molecule has 1 amide bonds. The van der Waals surface area contributed by atoms with Crippen molar-refractivity contribution in [2.75, 3.05) is 50.5 Å². The van der Waals surface area contributed by atoms with E-state index < -0.39 is 10.2 Å². The number of rotatable bonds is 10. The summed E-state index contributed by atoms with van der Waals surface area (Å²) in [6.07, 6.45) is 6.86. The third-order valence-corrected chi connectivity index (χ3v) is 8.29. The van der Waals surface area contributed by atoms with E-state index in [2.05, 4.69) is 36.5 Å². The molecule has 1 aliphatic carbocycles. The van der Waals surface area contributed by atoms with E-state index in [-0.39, 0.29) is 11.9 Å². The van der Waals surface area contributed by atoms with Crippen LogP contribution >= 0.6 is 0 Å². The van der Waals surface area contributed by atoms with Crippen molar-refractivity contribution in [2.45, 2.75) is 32.2 Å². The number of imidazole rings is 1. The van der Waals surface area contributed by atoms with Gasteiger partial charge in [0.15, 0.2) is 0 Å². The number of nitrogens with one attached hydrogen (secondary N) is 3. The molecule has 1 aliphatic heterocycles. The molecule has 0 radical (unpaired) electrons. The zero-order valence-corrected chi connectivity index (χ0v) is 22.0. The zero-order chi connectivity index (χ0) is 25.8. The van der Waals surface area contributed by atoms with Gasteiger partial charge in [0.05, 0.1) is 16.9 Å². The van der Waals surface area contributed by atoms with Gasteiger partial charge < -0.3 is 14.6 Å². The van der Waals surface area contributed by atoms with E-state index in [1.165, 1.54) is 0 Å². The van der Waals surface area contributed by atoms with Gasteiger partial charge in [0.1, 0.15) is 5.65 Å². The first-order valence-corrected chi connectivity index (χ1v) is 14.5. The van der Waals surface area contributed by atoms with Crippen molar-refractivity contribution in [1.29, 1.82) is 0 Å². The number of fused-ring (bicyclic) bond motifs is 1. The molecular formula is C26H35N7O3S. The fraction of sp³-hybridized carbons (Fsp3) is 0.462. The van der Waals surface area contributed by atoms with E-state index in [9.17, 15) is 13.2 Å². The Morgan fingerprint density at radius 1 is 1.05 bits per heavy atom. The van der Waals surface area contributed by atoms with Gasteiger partial charge in [-0.15, -0.1) is 0 Å². The summed E-state index contributed by atoms with van der Waals surface area (Å²) >= 11 is 0. The molecule has 2 aromatic heterocycles. The highest BCUT2D eigenvalue weighted by molar-refractivity contribution is 7.90. The SMILES string of the molecule is CCN1CCN(CCNS(=O)(=O)Nc2cccc(-c3cn4cc(C(=O)NC5CCC5)ccc4n3)c2)CC1. The molecule has 3 aromatic rings. The average Bonchev–Trinajstić information content (AvgIpc) is 3.30. The second-order valence-corrected chi connectivity index (χ2v) is 11.3. The fourth-order valence-electron chi connectivity index (χ4n) is 4.69. The lowest BCUT2D eigenvalue weighted by molar-refractivity contribution is 0.0916. The Kier molecular flexibility index (Phi) is 7.75. The maximum atomic E-state index is 12.6. The molecule has 3 heterocycles. The van der Waals surface area contributed by atoms with E-state index in [4.69, 9.17) is 0 Å². The van der Waals surface area contributed by atoms with Gasteiger partial charge in [-0.1, -0.05) is 19.1 Å². The van der Waals surface area contributed by atoms with E-state index in [1.807, 2.05) is 22.7 Å². The van der Waals surface area contributed by atoms with Gasteiger partial charge in [-0.2, -0.15) is 13.1 Å². The number of aromatic nitrogens is 2. The van der Waals surface area contributed by atoms with Crippen LogP contribution in [0.5, 0.6) is 0 Å². The number of carbonyl (C=O) groups excluding carboxylic acids is 1. The number of pyridine rings is 1. The van der Waals surface area contributed by atoms with Crippen molar-refractivity contribution in [3.8, 4) is 11.3 Å². The van der Waals surface area contributed by atoms with Crippen LogP contribution in [0.15, 0.2) is 48.8 Å². The molecule has 1 saturated carbocycles. The predicted molar refractivity (Wildman–Crippen MR) is 145 cm³/mol. The highest BCUT2D eigenvalue weighted by Gasteiger charge is 2.20. The number of likely N-dealkylation sites (N-methyl/N-ethyl adjacent to an activating group) is 1. The van der Waals surface area contributed by atoms with Crippen molar-refractivity contribution in [3.05, 3.63) is 54.4 Å². The monoisotopic (exact) mass is 525 g/mol. The van der Waals surface area contributed by atoms with Gasteiger partial charge >= 0.3 is 0 Å². The maximum Gasteiger partial charge on any atom is 0.299 e. The van der Waals surface area contributed by atoms with Crippen LogP contribution in [-0.4, -0.2) is 85.4 Å². The van der Waals surface area contributed by atoms with E-state index >= 15 is 0 Å². The standard InChI is InChI=1S/C26H35N7O3S/c1-2-31-13-15-32(16-14-31)12-11-27-37(35,36)30-23-8-3-5-20(17-23)24-19-33-18-21(9-10-25(33)29-24)26(34)28-22-6-4-7-22/h3,5,8-10,17-19,22,27,30H,2,4,6-7,11-16H2,1H3,(H,28,34). The van der Waals surface area contributed by atoms with Crippen LogP contribution in [0.1, 0.15) is 36.5 Å². The Morgan fingerprint density at radius 3 is 2.57 bits per heavy atom. The Labute approximate surface area is 218 Å². The minimum absolute atomic E-state index is 0.0750. The van der Waals surface area contributed by atoms with Gasteiger partial charge in [-0.05, 0) is 50.1 Å². The summed E-state index contributed by atoms with van der Waals surface area (Å²) in [5.74, 6) is -0.0750. The van der Waals surface area contributed by atoms with Crippen LogP contribution in [0.25, 0.3) is 16.9 Å². The Morgan fingerprint density at radius 2 is 1.84 bits per heavy atom. The summed E-state index contributed by atoms with van der Waals surface area (Å²) in [6, 6.07) is 11.0. The lowest BCUT2D eigenvalue weighted by Gasteiger charge is -2.33. The summed E-state index contributed by atoms with van der Waals surface area (Å²) in [4.78, 5) is 21.8. The summed E-state index contributed by atoms with van der Waals surface area (Å²) in [6.45, 7) is 8.20. The quantitative estimate of drug-likeness (QED) is 0.374. The van der Waals surface area contributed by atoms with Crippen LogP contribution < -0.4 is 14.8 Å². The molecule has 3 N–H and O–H groups in total. The average molecular weight is 526 g/mol. The normalized spacial score (nSPS) is 17.5. The first-order valence-electron chi connectivity index (χ1n) is 13.0. The summed E-state index contributed by atoms with van der Waals surface area (Å²) in [5.41, 5.74) is 3.22. The molecule has 0 bridgehead atoms. The summed E-state index contributed by atoms with van der Waals surface area (Å²) < 4.78 is 32.3. The number of hydrogen-bond acceptors (Lipinski definition) is 6. The van der Waals surface area contributed by atoms with Gasteiger partial charge in [-0.3, -0.25) is 14.4 Å². The first-order chi connectivity index (χ1) is 17.9. The van der Waals surface area contributed by atoms with Crippen LogP contribution in [0.2, 0.25) is 0 Å². The van der Waals surface area contributed by atoms with Crippen molar-refractivity contribution >= 4 is 27.5 Å². The van der Waals surface area contributed by atoms with Crippen molar-refractivity contribution in [1.82, 2.24) is 29.2 Å². The number of carbonyl (C=O) groups is 1. The van der Waals surface area contributed by atoms with E-state index in [1.54, 1.807) is 30.5 Å². The Bertz CT molecular complexity index is 1350.